The van der Waals surface area contributed by atoms with Gasteiger partial charge in [-0.15, -0.1) is 11.8 Å². The summed E-state index contributed by atoms with van der Waals surface area (Å²) in [6.45, 7) is 1.01. The molecule has 6 heteroatoms. The van der Waals surface area contributed by atoms with Crippen LogP contribution in [0.3, 0.4) is 0 Å². The number of hydrogen-bond donors (Lipinski definition) is 0. The van der Waals surface area contributed by atoms with Crippen LogP contribution in [-0.4, -0.2) is 46.4 Å². The largest absolute Gasteiger partial charge is 0.368 e. The number of thioether (sulfide) groups is 2. The average Bonchev–Trinajstić information content (AvgIpc) is 2.66. The predicted octanol–water partition coefficient (Wildman–Crippen LogP) is 1.32. The molecule has 0 unspecified atom stereocenters. The molecule has 0 bridgehead atoms. The number of thiocarbonyl (C=S) groups is 1. The van der Waals surface area contributed by atoms with E-state index >= 15 is 0 Å². The zero-order chi connectivity index (χ0) is 10.3. The lowest BCUT2D eigenvalue weighted by Gasteiger charge is -2.12. The molecule has 76 valence electrons. The Morgan fingerprint density at radius 3 is 2.57 bits per heavy atom. The Morgan fingerprint density at radius 2 is 2.14 bits per heavy atom. The molecule has 2 aliphatic rings. The second-order valence-corrected chi connectivity index (χ2v) is 5.86. The average molecular weight is 246 g/mol. The Hall–Kier alpha value is -0.200. The Balaban J connectivity index is 2.35. The molecule has 0 aromatic carbocycles. The highest BCUT2D eigenvalue weighted by molar-refractivity contribution is 8.27. The molecular weight excluding hydrogens is 236 g/mol. The van der Waals surface area contributed by atoms with Crippen LogP contribution in [0.25, 0.3) is 0 Å². The van der Waals surface area contributed by atoms with Gasteiger partial charge < -0.3 is 4.90 Å². The van der Waals surface area contributed by atoms with E-state index in [4.69, 9.17) is 12.2 Å². The highest BCUT2D eigenvalue weighted by Gasteiger charge is 2.34. The van der Waals surface area contributed by atoms with Crippen LogP contribution in [-0.2, 0) is 4.79 Å². The first-order valence-electron chi connectivity index (χ1n) is 4.19. The van der Waals surface area contributed by atoms with E-state index in [-0.39, 0.29) is 5.91 Å². The van der Waals surface area contributed by atoms with Crippen LogP contribution >= 0.6 is 35.7 Å². The SMILES string of the molecule is CN1CCSC1=C1SC(=S)N(C)C1=O. The zero-order valence-corrected chi connectivity index (χ0v) is 10.4. The van der Waals surface area contributed by atoms with Crippen molar-refractivity contribution in [1.29, 1.82) is 0 Å². The van der Waals surface area contributed by atoms with Crippen LogP contribution in [0.2, 0.25) is 0 Å². The van der Waals surface area contributed by atoms with Crippen molar-refractivity contribution in [2.75, 3.05) is 26.4 Å². The number of carbonyl (C=O) groups excluding carboxylic acids is 1. The standard InChI is InChI=1S/C8H10N2OS3/c1-9-3-4-13-7(9)5-6(11)10(2)8(12)14-5/h3-4H2,1-2H3. The van der Waals surface area contributed by atoms with Gasteiger partial charge in [0.05, 0.1) is 5.03 Å². The molecule has 2 rings (SSSR count). The van der Waals surface area contributed by atoms with Crippen LogP contribution in [0, 0.1) is 0 Å². The number of amides is 1. The van der Waals surface area contributed by atoms with E-state index in [9.17, 15) is 4.79 Å². The fourth-order valence-corrected chi connectivity index (χ4v) is 3.88. The predicted molar refractivity (Wildman–Crippen MR) is 65.1 cm³/mol. The normalized spacial score (nSPS) is 28.1. The van der Waals surface area contributed by atoms with Gasteiger partial charge in [0.2, 0.25) is 0 Å². The monoisotopic (exact) mass is 246 g/mol. The zero-order valence-electron chi connectivity index (χ0n) is 7.94. The summed E-state index contributed by atoms with van der Waals surface area (Å²) >= 11 is 8.22. The summed E-state index contributed by atoms with van der Waals surface area (Å²) in [5.74, 6) is 1.09. The second kappa shape index (κ2) is 3.75. The Labute approximate surface area is 96.9 Å². The molecule has 2 aliphatic heterocycles. The van der Waals surface area contributed by atoms with Gasteiger partial charge in [0.15, 0.2) is 0 Å². The minimum atomic E-state index is 0.0382. The van der Waals surface area contributed by atoms with E-state index in [0.29, 0.717) is 4.32 Å². The van der Waals surface area contributed by atoms with Crippen molar-refractivity contribution in [1.82, 2.24) is 9.80 Å². The molecule has 1 amide bonds. The van der Waals surface area contributed by atoms with Crippen molar-refractivity contribution in [3.05, 3.63) is 9.93 Å². The molecule has 0 spiro atoms. The summed E-state index contributed by atoms with van der Waals surface area (Å²) in [6, 6.07) is 0. The molecule has 2 saturated heterocycles. The maximum Gasteiger partial charge on any atom is 0.268 e. The van der Waals surface area contributed by atoms with E-state index in [1.165, 1.54) is 16.7 Å². The Morgan fingerprint density at radius 1 is 1.43 bits per heavy atom. The van der Waals surface area contributed by atoms with Gasteiger partial charge in [0, 0.05) is 26.4 Å². The quantitative estimate of drug-likeness (QED) is 0.474. The van der Waals surface area contributed by atoms with Gasteiger partial charge in [-0.2, -0.15) is 0 Å². The topological polar surface area (TPSA) is 23.6 Å². The van der Waals surface area contributed by atoms with Crippen LogP contribution in [0.4, 0.5) is 0 Å². The summed E-state index contributed by atoms with van der Waals surface area (Å²) in [5.41, 5.74) is 0. The molecule has 3 nitrogen and oxygen atoms in total. The van der Waals surface area contributed by atoms with E-state index in [1.54, 1.807) is 18.8 Å². The van der Waals surface area contributed by atoms with Gasteiger partial charge >= 0.3 is 0 Å². The van der Waals surface area contributed by atoms with Crippen molar-refractivity contribution in [3.63, 3.8) is 0 Å². The third kappa shape index (κ3) is 1.55. The number of rotatable bonds is 0. The maximum absolute atomic E-state index is 11.8. The molecule has 0 N–H and O–H groups in total. The summed E-state index contributed by atoms with van der Waals surface area (Å²) in [5, 5.41) is 1.08. The van der Waals surface area contributed by atoms with Crippen LogP contribution in [0.1, 0.15) is 0 Å². The van der Waals surface area contributed by atoms with Gasteiger partial charge in [-0.25, -0.2) is 0 Å². The molecule has 0 saturated carbocycles. The highest BCUT2D eigenvalue weighted by Crippen LogP contribution is 2.39. The van der Waals surface area contributed by atoms with Gasteiger partial charge in [-0.1, -0.05) is 24.0 Å². The van der Waals surface area contributed by atoms with Gasteiger partial charge in [-0.05, 0) is 0 Å². The van der Waals surface area contributed by atoms with Gasteiger partial charge in [0.25, 0.3) is 5.91 Å². The first-order chi connectivity index (χ1) is 6.61. The minimum absolute atomic E-state index is 0.0382. The van der Waals surface area contributed by atoms with E-state index in [1.807, 2.05) is 7.05 Å². The van der Waals surface area contributed by atoms with Crippen LogP contribution in [0.5, 0.6) is 0 Å². The van der Waals surface area contributed by atoms with Crippen LogP contribution in [0.15, 0.2) is 9.93 Å². The molecule has 14 heavy (non-hydrogen) atoms. The number of carbonyl (C=O) groups is 1. The fourth-order valence-electron chi connectivity index (χ4n) is 1.30. The molecule has 2 fully saturated rings. The molecule has 2 heterocycles. The molecule has 0 radical (unpaired) electrons. The molecule has 0 aromatic rings. The van der Waals surface area contributed by atoms with Gasteiger partial charge in [-0.3, -0.25) is 9.69 Å². The smallest absolute Gasteiger partial charge is 0.268 e. The lowest BCUT2D eigenvalue weighted by atomic mass is 10.5. The third-order valence-corrected chi connectivity index (χ3v) is 5.02. The summed E-state index contributed by atoms with van der Waals surface area (Å²) in [4.78, 5) is 16.2. The van der Waals surface area contributed by atoms with Crippen molar-refractivity contribution in [3.8, 4) is 0 Å². The molecule has 0 aliphatic carbocycles. The number of nitrogens with zero attached hydrogens (tertiary/aromatic N) is 2. The number of likely N-dealkylation sites (N-methyl/N-ethyl adjacent to an activating group) is 1. The first kappa shape index (κ1) is 10.3. The van der Waals surface area contributed by atoms with Crippen molar-refractivity contribution >= 4 is 46.0 Å². The lowest BCUT2D eigenvalue weighted by molar-refractivity contribution is -0.121. The van der Waals surface area contributed by atoms with Crippen molar-refractivity contribution < 1.29 is 4.79 Å². The highest BCUT2D eigenvalue weighted by atomic mass is 32.2. The molecule has 0 aromatic heterocycles. The Kier molecular flexibility index (Phi) is 2.77. The molecule has 0 atom stereocenters. The van der Waals surface area contributed by atoms with Crippen molar-refractivity contribution in [2.45, 2.75) is 0 Å². The van der Waals surface area contributed by atoms with Gasteiger partial charge in [0.1, 0.15) is 9.23 Å². The first-order valence-corrected chi connectivity index (χ1v) is 6.40. The van der Waals surface area contributed by atoms with E-state index in [2.05, 4.69) is 4.90 Å². The van der Waals surface area contributed by atoms with Crippen LogP contribution < -0.4 is 0 Å². The summed E-state index contributed by atoms with van der Waals surface area (Å²) in [7, 11) is 3.74. The lowest BCUT2D eigenvalue weighted by Crippen LogP contribution is -2.23. The molecular formula is C8H10N2OS3. The van der Waals surface area contributed by atoms with E-state index in [0.717, 1.165) is 22.2 Å². The number of hydrogen-bond acceptors (Lipinski definition) is 5. The fraction of sp³-hybridized carbons (Fsp3) is 0.500. The van der Waals surface area contributed by atoms with Crippen molar-refractivity contribution in [2.24, 2.45) is 0 Å². The van der Waals surface area contributed by atoms with E-state index < -0.39 is 0 Å². The maximum atomic E-state index is 11.8. The summed E-state index contributed by atoms with van der Waals surface area (Å²) in [6.07, 6.45) is 0. The Bertz CT molecular complexity index is 339. The third-order valence-electron chi connectivity index (χ3n) is 2.17. The minimum Gasteiger partial charge on any atom is -0.368 e. The second-order valence-electron chi connectivity index (χ2n) is 3.14. The summed E-state index contributed by atoms with van der Waals surface area (Å²) < 4.78 is 0.651.